The second-order valence-electron chi connectivity index (χ2n) is 8.34. The molecule has 1 saturated heterocycles. The predicted molar refractivity (Wildman–Crippen MR) is 120 cm³/mol. The van der Waals surface area contributed by atoms with Crippen molar-refractivity contribution >= 4 is 16.6 Å². The molecule has 3 heterocycles. The highest BCUT2D eigenvalue weighted by molar-refractivity contribution is 5.84. The van der Waals surface area contributed by atoms with Gasteiger partial charge in [-0.2, -0.15) is 0 Å². The fraction of sp³-hybridized carbons (Fsp3) is 0.360. The monoisotopic (exact) mass is 400 g/mol. The molecular weight excluding hydrogens is 372 g/mol. The molecule has 30 heavy (non-hydrogen) atoms. The van der Waals surface area contributed by atoms with E-state index in [2.05, 4.69) is 68.9 Å². The Kier molecular flexibility index (Phi) is 5.13. The molecule has 2 aromatic carbocycles. The summed E-state index contributed by atoms with van der Waals surface area (Å²) in [4.78, 5) is 2.55. The van der Waals surface area contributed by atoms with Crippen LogP contribution in [0.1, 0.15) is 43.1 Å². The van der Waals surface area contributed by atoms with E-state index in [4.69, 9.17) is 4.74 Å². The second kappa shape index (κ2) is 8.07. The van der Waals surface area contributed by atoms with Crippen LogP contribution in [0.15, 0.2) is 54.6 Å². The first-order valence-electron chi connectivity index (χ1n) is 10.8. The third-order valence-corrected chi connectivity index (χ3v) is 6.36. The van der Waals surface area contributed by atoms with Crippen LogP contribution in [0.3, 0.4) is 0 Å². The number of hydrogen-bond acceptors (Lipinski definition) is 4. The summed E-state index contributed by atoms with van der Waals surface area (Å²) in [6.45, 7) is 4.31. The number of piperidine rings is 1. The van der Waals surface area contributed by atoms with E-state index >= 15 is 0 Å². The standard InChI is InChI=1S/C25H28N4O/c1-18-7-5-6-14-28(18)17-24-26-27-25-21(15-19-10-12-22(30-2)13-11-19)16-20-8-3-4-9-23(20)29(24)25/h3-4,8-13,16,18H,5-7,14-15,17H2,1-2H3. The number of hydrogen-bond donors (Lipinski definition) is 0. The van der Waals surface area contributed by atoms with Gasteiger partial charge in [-0.3, -0.25) is 9.30 Å². The molecule has 5 nitrogen and oxygen atoms in total. The topological polar surface area (TPSA) is 42.7 Å². The zero-order chi connectivity index (χ0) is 20.5. The van der Waals surface area contributed by atoms with Crippen molar-refractivity contribution in [1.82, 2.24) is 19.5 Å². The second-order valence-corrected chi connectivity index (χ2v) is 8.34. The smallest absolute Gasteiger partial charge is 0.164 e. The zero-order valence-electron chi connectivity index (χ0n) is 17.7. The van der Waals surface area contributed by atoms with Gasteiger partial charge in [-0.15, -0.1) is 10.2 Å². The number of pyridine rings is 1. The van der Waals surface area contributed by atoms with Crippen molar-refractivity contribution in [2.75, 3.05) is 13.7 Å². The number of methoxy groups -OCH3 is 1. The van der Waals surface area contributed by atoms with Gasteiger partial charge >= 0.3 is 0 Å². The minimum absolute atomic E-state index is 0.597. The molecule has 0 aliphatic carbocycles. The Bertz CT molecular complexity index is 1170. The number of likely N-dealkylation sites (tertiary alicyclic amines) is 1. The molecule has 0 bridgehead atoms. The number of aromatic nitrogens is 3. The van der Waals surface area contributed by atoms with E-state index in [0.717, 1.165) is 36.7 Å². The Balaban J connectivity index is 1.58. The van der Waals surface area contributed by atoms with Gasteiger partial charge in [0.2, 0.25) is 0 Å². The van der Waals surface area contributed by atoms with Gasteiger partial charge < -0.3 is 4.74 Å². The molecule has 2 aromatic heterocycles. The van der Waals surface area contributed by atoms with E-state index in [1.807, 2.05) is 12.1 Å². The molecule has 1 unspecified atom stereocenters. The summed E-state index contributed by atoms with van der Waals surface area (Å²) in [6.07, 6.45) is 4.68. The van der Waals surface area contributed by atoms with Gasteiger partial charge in [0.05, 0.1) is 19.2 Å². The minimum Gasteiger partial charge on any atom is -0.497 e. The highest BCUT2D eigenvalue weighted by Crippen LogP contribution is 2.26. The van der Waals surface area contributed by atoms with Gasteiger partial charge in [-0.05, 0) is 61.5 Å². The van der Waals surface area contributed by atoms with E-state index in [1.54, 1.807) is 7.11 Å². The lowest BCUT2D eigenvalue weighted by atomic mass is 10.0. The summed E-state index contributed by atoms with van der Waals surface area (Å²) in [6, 6.07) is 19.7. The largest absolute Gasteiger partial charge is 0.497 e. The van der Waals surface area contributed by atoms with Crippen molar-refractivity contribution in [3.05, 3.63) is 71.5 Å². The Morgan fingerprint density at radius 2 is 1.87 bits per heavy atom. The number of benzene rings is 2. The maximum atomic E-state index is 5.30. The zero-order valence-corrected chi connectivity index (χ0v) is 17.7. The summed E-state index contributed by atoms with van der Waals surface area (Å²) < 4.78 is 7.57. The van der Waals surface area contributed by atoms with Gasteiger partial charge in [0.15, 0.2) is 11.5 Å². The summed E-state index contributed by atoms with van der Waals surface area (Å²) in [5.74, 6) is 1.91. The number of ether oxygens (including phenoxy) is 1. The minimum atomic E-state index is 0.597. The lowest BCUT2D eigenvalue weighted by Gasteiger charge is -2.32. The van der Waals surface area contributed by atoms with E-state index in [-0.39, 0.29) is 0 Å². The first-order valence-corrected chi connectivity index (χ1v) is 10.8. The molecule has 154 valence electrons. The molecule has 4 aromatic rings. The maximum absolute atomic E-state index is 5.30. The van der Waals surface area contributed by atoms with Crippen LogP contribution in [0.25, 0.3) is 16.6 Å². The third-order valence-electron chi connectivity index (χ3n) is 6.36. The van der Waals surface area contributed by atoms with Gasteiger partial charge in [0.25, 0.3) is 0 Å². The average molecular weight is 401 g/mol. The van der Waals surface area contributed by atoms with Gasteiger partial charge in [0, 0.05) is 18.0 Å². The van der Waals surface area contributed by atoms with Crippen molar-refractivity contribution in [2.24, 2.45) is 0 Å². The lowest BCUT2D eigenvalue weighted by molar-refractivity contribution is 0.148. The Morgan fingerprint density at radius 1 is 1.03 bits per heavy atom. The van der Waals surface area contributed by atoms with Crippen LogP contribution >= 0.6 is 0 Å². The molecule has 0 N–H and O–H groups in total. The molecule has 1 atom stereocenters. The first kappa shape index (κ1) is 19.1. The molecule has 0 radical (unpaired) electrons. The van der Waals surface area contributed by atoms with Crippen LogP contribution < -0.4 is 4.74 Å². The molecule has 0 saturated carbocycles. The highest BCUT2D eigenvalue weighted by atomic mass is 16.5. The van der Waals surface area contributed by atoms with Crippen molar-refractivity contribution < 1.29 is 4.74 Å². The van der Waals surface area contributed by atoms with E-state index < -0.39 is 0 Å². The molecule has 0 amide bonds. The first-order chi connectivity index (χ1) is 14.7. The molecule has 0 spiro atoms. The summed E-state index contributed by atoms with van der Waals surface area (Å²) in [7, 11) is 1.70. The van der Waals surface area contributed by atoms with Crippen molar-refractivity contribution in [1.29, 1.82) is 0 Å². The quantitative estimate of drug-likeness (QED) is 0.480. The van der Waals surface area contributed by atoms with Crippen LogP contribution in [0.5, 0.6) is 5.75 Å². The number of para-hydroxylation sites is 1. The molecule has 1 fully saturated rings. The highest BCUT2D eigenvalue weighted by Gasteiger charge is 2.22. The third kappa shape index (κ3) is 3.54. The van der Waals surface area contributed by atoms with Crippen molar-refractivity contribution in [3.63, 3.8) is 0 Å². The molecular formula is C25H28N4O. The van der Waals surface area contributed by atoms with Crippen LogP contribution in [-0.4, -0.2) is 39.2 Å². The van der Waals surface area contributed by atoms with Crippen molar-refractivity contribution in [3.8, 4) is 5.75 Å². The molecule has 1 aliphatic rings. The summed E-state index contributed by atoms with van der Waals surface area (Å²) >= 11 is 0. The Morgan fingerprint density at radius 3 is 2.67 bits per heavy atom. The number of rotatable bonds is 5. The van der Waals surface area contributed by atoms with E-state index in [9.17, 15) is 0 Å². The fourth-order valence-corrected chi connectivity index (χ4v) is 4.61. The van der Waals surface area contributed by atoms with Crippen LogP contribution in [0, 0.1) is 0 Å². The van der Waals surface area contributed by atoms with Gasteiger partial charge in [-0.1, -0.05) is 36.8 Å². The molecule has 5 rings (SSSR count). The SMILES string of the molecule is COc1ccc(Cc2cc3ccccc3n3c(CN4CCCCC4C)nnc23)cc1. The molecule has 5 heteroatoms. The van der Waals surface area contributed by atoms with Crippen LogP contribution in [-0.2, 0) is 13.0 Å². The van der Waals surface area contributed by atoms with Crippen molar-refractivity contribution in [2.45, 2.75) is 45.2 Å². The normalized spacial score (nSPS) is 17.6. The van der Waals surface area contributed by atoms with Crippen LogP contribution in [0.4, 0.5) is 0 Å². The van der Waals surface area contributed by atoms with E-state index in [1.165, 1.54) is 41.3 Å². The average Bonchev–Trinajstić information content (AvgIpc) is 3.20. The summed E-state index contributed by atoms with van der Waals surface area (Å²) in [5.41, 5.74) is 4.58. The predicted octanol–water partition coefficient (Wildman–Crippen LogP) is 4.86. The van der Waals surface area contributed by atoms with Crippen LogP contribution in [0.2, 0.25) is 0 Å². The maximum Gasteiger partial charge on any atom is 0.164 e. The Labute approximate surface area is 177 Å². The van der Waals surface area contributed by atoms with Gasteiger partial charge in [-0.25, -0.2) is 0 Å². The lowest BCUT2D eigenvalue weighted by Crippen LogP contribution is -2.37. The number of fused-ring (bicyclic) bond motifs is 3. The molecule has 1 aliphatic heterocycles. The Hall–Kier alpha value is -2.92. The fourth-order valence-electron chi connectivity index (χ4n) is 4.61. The van der Waals surface area contributed by atoms with Gasteiger partial charge in [0.1, 0.15) is 5.75 Å². The number of nitrogens with zero attached hydrogens (tertiary/aromatic N) is 4. The van der Waals surface area contributed by atoms with E-state index in [0.29, 0.717) is 6.04 Å². The summed E-state index contributed by atoms with van der Waals surface area (Å²) in [5, 5.41) is 10.5.